The molecule has 5 nitrogen and oxygen atoms in total. The number of benzene rings is 3. The van der Waals surface area contributed by atoms with Crippen molar-refractivity contribution in [2.75, 3.05) is 6.54 Å². The highest BCUT2D eigenvalue weighted by molar-refractivity contribution is 7.80. The lowest BCUT2D eigenvalue weighted by atomic mass is 9.94. The highest BCUT2D eigenvalue weighted by atomic mass is 35.5. The summed E-state index contributed by atoms with van der Waals surface area (Å²) in [4.78, 5) is 6.86. The number of nitrogens with one attached hydrogen (secondary N) is 1. The van der Waals surface area contributed by atoms with Gasteiger partial charge in [-0.2, -0.15) is 4.98 Å². The van der Waals surface area contributed by atoms with E-state index in [9.17, 15) is 0 Å². The lowest BCUT2D eigenvalue weighted by Crippen LogP contribution is -2.46. The molecular weight excluding hydrogens is 464 g/mol. The average molecular weight is 487 g/mol. The Balaban J connectivity index is 1.54. The van der Waals surface area contributed by atoms with Gasteiger partial charge in [0.25, 0.3) is 5.89 Å². The van der Waals surface area contributed by atoms with Crippen molar-refractivity contribution in [3.05, 3.63) is 113 Å². The fraction of sp³-hybridized carbons (Fsp3) is 0.148. The van der Waals surface area contributed by atoms with Crippen molar-refractivity contribution >= 4 is 34.5 Å². The summed E-state index contributed by atoms with van der Waals surface area (Å²) >= 11 is 11.9. The maximum atomic E-state index is 6.15. The third kappa shape index (κ3) is 4.60. The number of rotatable bonds is 6. The summed E-state index contributed by atoms with van der Waals surface area (Å²) in [6.45, 7) is 2.79. The van der Waals surface area contributed by atoms with Crippen molar-refractivity contribution in [2.24, 2.45) is 0 Å². The number of halogens is 1. The van der Waals surface area contributed by atoms with E-state index in [1.807, 2.05) is 60.7 Å². The number of allylic oxidation sites excluding steroid dienone is 1. The molecule has 0 bridgehead atoms. The van der Waals surface area contributed by atoms with Crippen LogP contribution in [0.3, 0.4) is 0 Å². The van der Waals surface area contributed by atoms with Gasteiger partial charge in [-0.15, -0.1) is 0 Å². The van der Waals surface area contributed by atoms with Crippen LogP contribution in [0, 0.1) is 0 Å². The third-order valence-electron chi connectivity index (χ3n) is 5.95. The van der Waals surface area contributed by atoms with Crippen molar-refractivity contribution < 1.29 is 4.52 Å². The van der Waals surface area contributed by atoms with Crippen LogP contribution in [-0.4, -0.2) is 26.7 Å². The van der Waals surface area contributed by atoms with Gasteiger partial charge in [0.15, 0.2) is 5.11 Å². The van der Waals surface area contributed by atoms with Crippen LogP contribution in [0.1, 0.15) is 30.0 Å². The van der Waals surface area contributed by atoms with Crippen molar-refractivity contribution in [1.82, 2.24) is 20.4 Å². The molecule has 34 heavy (non-hydrogen) atoms. The second kappa shape index (κ2) is 9.79. The van der Waals surface area contributed by atoms with E-state index in [4.69, 9.17) is 33.3 Å². The Bertz CT molecular complexity index is 1320. The molecule has 0 spiro atoms. The number of aromatic nitrogens is 2. The molecule has 1 aliphatic heterocycles. The van der Waals surface area contributed by atoms with E-state index < -0.39 is 0 Å². The average Bonchev–Trinajstić information content (AvgIpc) is 3.35. The van der Waals surface area contributed by atoms with Crippen molar-refractivity contribution in [2.45, 2.75) is 19.4 Å². The smallest absolute Gasteiger partial charge is 0.258 e. The van der Waals surface area contributed by atoms with Crippen LogP contribution >= 0.6 is 23.8 Å². The van der Waals surface area contributed by atoms with E-state index in [0.29, 0.717) is 21.9 Å². The van der Waals surface area contributed by atoms with Crippen LogP contribution in [0.5, 0.6) is 0 Å². The van der Waals surface area contributed by atoms with Gasteiger partial charge in [0.2, 0.25) is 5.82 Å². The lowest BCUT2D eigenvalue weighted by Gasteiger charge is -2.37. The monoisotopic (exact) mass is 486 g/mol. The zero-order valence-corrected chi connectivity index (χ0v) is 20.2. The highest BCUT2D eigenvalue weighted by Gasteiger charge is 2.34. The Kier molecular flexibility index (Phi) is 6.43. The summed E-state index contributed by atoms with van der Waals surface area (Å²) in [6, 6.07) is 27.7. The van der Waals surface area contributed by atoms with E-state index in [0.717, 1.165) is 35.4 Å². The molecule has 0 radical (unpaired) electrons. The summed E-state index contributed by atoms with van der Waals surface area (Å²) < 4.78 is 5.80. The maximum absolute atomic E-state index is 6.15. The minimum absolute atomic E-state index is 0.234. The van der Waals surface area contributed by atoms with Gasteiger partial charge in [0.05, 0.1) is 11.6 Å². The molecular formula is C27H23ClN4OS. The highest BCUT2D eigenvalue weighted by Crippen LogP contribution is 2.37. The largest absolute Gasteiger partial charge is 0.351 e. The molecule has 0 aliphatic carbocycles. The SMILES string of the molecule is CC1=C(c2nc(-c3ccccc3)no2)C(c2ccc(Cl)cc2)NC(=S)N1CCc1ccccc1. The van der Waals surface area contributed by atoms with Gasteiger partial charge in [-0.25, -0.2) is 0 Å². The van der Waals surface area contributed by atoms with Crippen LogP contribution in [0.2, 0.25) is 5.02 Å². The summed E-state index contributed by atoms with van der Waals surface area (Å²) in [5.41, 5.74) is 5.06. The lowest BCUT2D eigenvalue weighted by molar-refractivity contribution is 0.397. The standard InChI is InChI=1S/C27H23ClN4OS/c1-18-23(26-30-25(31-33-26)21-10-6-3-7-11-21)24(20-12-14-22(28)15-13-20)29-27(34)32(18)17-16-19-8-4-2-5-9-19/h2-15,24H,16-17H2,1H3,(H,29,34). The second-order valence-corrected chi connectivity index (χ2v) is 8.93. The Morgan fingerprint density at radius 3 is 2.35 bits per heavy atom. The molecule has 0 amide bonds. The van der Waals surface area contributed by atoms with Crippen LogP contribution in [-0.2, 0) is 6.42 Å². The van der Waals surface area contributed by atoms with E-state index in [-0.39, 0.29) is 6.04 Å². The van der Waals surface area contributed by atoms with Crippen molar-refractivity contribution in [3.8, 4) is 11.4 Å². The zero-order valence-electron chi connectivity index (χ0n) is 18.6. The van der Waals surface area contributed by atoms with Gasteiger partial charge >= 0.3 is 0 Å². The zero-order chi connectivity index (χ0) is 23.5. The van der Waals surface area contributed by atoms with Crippen molar-refractivity contribution in [1.29, 1.82) is 0 Å². The molecule has 5 rings (SSSR count). The van der Waals surface area contributed by atoms with Gasteiger partial charge in [-0.3, -0.25) is 0 Å². The van der Waals surface area contributed by atoms with Crippen LogP contribution in [0.15, 0.2) is 95.1 Å². The minimum Gasteiger partial charge on any atom is -0.351 e. The predicted molar refractivity (Wildman–Crippen MR) is 139 cm³/mol. The molecule has 1 aliphatic rings. The summed E-state index contributed by atoms with van der Waals surface area (Å²) in [5.74, 6) is 1.02. The fourth-order valence-corrected chi connectivity index (χ4v) is 4.63. The molecule has 2 heterocycles. The van der Waals surface area contributed by atoms with Crippen LogP contribution in [0.25, 0.3) is 17.0 Å². The maximum Gasteiger partial charge on any atom is 0.258 e. The number of thiocarbonyl (C=S) groups is 1. The Morgan fingerprint density at radius 1 is 0.971 bits per heavy atom. The summed E-state index contributed by atoms with van der Waals surface area (Å²) in [5, 5.41) is 9.10. The third-order valence-corrected chi connectivity index (χ3v) is 6.55. The molecule has 0 fully saturated rings. The summed E-state index contributed by atoms with van der Waals surface area (Å²) in [6.07, 6.45) is 0.859. The Labute approximate surface area is 209 Å². The molecule has 0 saturated heterocycles. The normalized spacial score (nSPS) is 16.0. The van der Waals surface area contributed by atoms with Crippen LogP contribution < -0.4 is 5.32 Å². The fourth-order valence-electron chi connectivity index (χ4n) is 4.16. The molecule has 1 unspecified atom stereocenters. The first-order valence-electron chi connectivity index (χ1n) is 11.1. The summed E-state index contributed by atoms with van der Waals surface area (Å²) in [7, 11) is 0. The van der Waals surface area contributed by atoms with Crippen molar-refractivity contribution in [3.63, 3.8) is 0 Å². The van der Waals surface area contributed by atoms with Gasteiger partial charge in [-0.05, 0) is 48.8 Å². The molecule has 4 aromatic rings. The first-order valence-corrected chi connectivity index (χ1v) is 11.9. The first-order chi connectivity index (χ1) is 16.6. The van der Waals surface area contributed by atoms with E-state index in [1.165, 1.54) is 5.56 Å². The molecule has 3 aromatic carbocycles. The van der Waals surface area contributed by atoms with E-state index in [1.54, 1.807) is 0 Å². The van der Waals surface area contributed by atoms with Gasteiger partial charge in [0.1, 0.15) is 0 Å². The van der Waals surface area contributed by atoms with Gasteiger partial charge in [0, 0.05) is 22.8 Å². The molecule has 7 heteroatoms. The number of hydrogen-bond acceptors (Lipinski definition) is 4. The minimum atomic E-state index is -0.234. The second-order valence-electron chi connectivity index (χ2n) is 8.11. The molecule has 1 aromatic heterocycles. The molecule has 170 valence electrons. The first kappa shape index (κ1) is 22.3. The number of nitrogens with zero attached hydrogens (tertiary/aromatic N) is 3. The van der Waals surface area contributed by atoms with Gasteiger partial charge < -0.3 is 14.7 Å². The van der Waals surface area contributed by atoms with Crippen LogP contribution in [0.4, 0.5) is 0 Å². The molecule has 1 atom stereocenters. The predicted octanol–water partition coefficient (Wildman–Crippen LogP) is 6.30. The Hall–Kier alpha value is -3.48. The Morgan fingerprint density at radius 2 is 1.65 bits per heavy atom. The molecule has 0 saturated carbocycles. The molecule has 1 N–H and O–H groups in total. The van der Waals surface area contributed by atoms with Gasteiger partial charge in [-0.1, -0.05) is 89.6 Å². The van der Waals surface area contributed by atoms with E-state index >= 15 is 0 Å². The quantitative estimate of drug-likeness (QED) is 0.323. The number of hydrogen-bond donors (Lipinski definition) is 1. The topological polar surface area (TPSA) is 54.2 Å². The van der Waals surface area contributed by atoms with E-state index in [2.05, 4.69) is 46.6 Å².